The number of fused-ring (bicyclic) bond motifs is 3. The molecule has 1 spiro atoms. The molecule has 50 heavy (non-hydrogen) atoms. The van der Waals surface area contributed by atoms with Gasteiger partial charge in [0.1, 0.15) is 23.7 Å². The summed E-state index contributed by atoms with van der Waals surface area (Å²) in [6.45, 7) is 1.55. The van der Waals surface area contributed by atoms with E-state index in [4.69, 9.17) is 14.2 Å². The van der Waals surface area contributed by atoms with Crippen molar-refractivity contribution in [3.8, 4) is 0 Å². The first-order valence-electron chi connectivity index (χ1n) is 17.1. The standard InChI is InChI=1S/C39H41N3O8/c1-24(22-43)42-35-37(46)41(28-18-17-25-11-6-7-14-27(25)21-28)20-10-19-39(35)33(36(42)45)32-30(50-39)15-8-9-16-31(44)40-29(23-48-2)34(49-38(32)47)26-12-4-3-5-13-26/h3-8,10-15,17-19,21,24,29-30,32-35,43H,9,16,20,22-23H2,1-2H3,(H,40,44)/b15-8-/t24-,29-,30-,32+,33+,34-,35-,39+/m1/s1. The van der Waals surface area contributed by atoms with E-state index in [1.807, 2.05) is 66.7 Å². The summed E-state index contributed by atoms with van der Waals surface area (Å²) < 4.78 is 18.6. The fourth-order valence-electron chi connectivity index (χ4n) is 7.97. The van der Waals surface area contributed by atoms with Gasteiger partial charge in [-0.25, -0.2) is 0 Å². The van der Waals surface area contributed by atoms with Gasteiger partial charge in [0.05, 0.1) is 37.3 Å². The van der Waals surface area contributed by atoms with Gasteiger partial charge in [-0.15, -0.1) is 0 Å². The first kappa shape index (κ1) is 33.6. The van der Waals surface area contributed by atoms with E-state index in [-0.39, 0.29) is 31.4 Å². The quantitative estimate of drug-likeness (QED) is 0.299. The van der Waals surface area contributed by atoms with Crippen molar-refractivity contribution in [3.63, 3.8) is 0 Å². The number of allylic oxidation sites excluding steroid dienone is 1. The average molecular weight is 680 g/mol. The van der Waals surface area contributed by atoms with Crippen LogP contribution in [-0.2, 0) is 33.4 Å². The second-order valence-corrected chi connectivity index (χ2v) is 13.4. The number of esters is 1. The molecule has 2 saturated heterocycles. The smallest absolute Gasteiger partial charge is 0.313 e. The Morgan fingerprint density at radius 3 is 2.50 bits per heavy atom. The number of hydrogen-bond acceptors (Lipinski definition) is 8. The molecule has 11 nitrogen and oxygen atoms in total. The molecule has 0 bridgehead atoms. The topological polar surface area (TPSA) is 135 Å². The van der Waals surface area contributed by atoms with E-state index in [2.05, 4.69) is 5.32 Å². The number of nitrogens with zero attached hydrogens (tertiary/aromatic N) is 2. The number of methoxy groups -OCH3 is 1. The van der Waals surface area contributed by atoms with E-state index in [1.165, 1.54) is 12.0 Å². The Balaban J connectivity index is 1.32. The van der Waals surface area contributed by atoms with E-state index in [1.54, 1.807) is 42.2 Å². The lowest BCUT2D eigenvalue weighted by atomic mass is 9.77. The molecule has 0 aromatic heterocycles. The summed E-state index contributed by atoms with van der Waals surface area (Å²) in [6, 6.07) is 20.0. The second kappa shape index (κ2) is 13.8. The van der Waals surface area contributed by atoms with E-state index in [0.29, 0.717) is 17.7 Å². The van der Waals surface area contributed by atoms with Gasteiger partial charge < -0.3 is 34.4 Å². The Bertz CT molecular complexity index is 1850. The van der Waals surface area contributed by atoms with Gasteiger partial charge in [0.15, 0.2) is 0 Å². The Morgan fingerprint density at radius 2 is 1.74 bits per heavy atom. The molecule has 0 aliphatic carbocycles. The highest BCUT2D eigenvalue weighted by Crippen LogP contribution is 2.54. The number of hydrogen-bond donors (Lipinski definition) is 2. The van der Waals surface area contributed by atoms with Crippen molar-refractivity contribution in [2.24, 2.45) is 11.8 Å². The number of nitrogens with one attached hydrogen (secondary N) is 1. The number of cyclic esters (lactones) is 1. The number of benzene rings is 3. The number of amides is 3. The van der Waals surface area contributed by atoms with Gasteiger partial charge in [0.25, 0.3) is 5.91 Å². The minimum Gasteiger partial charge on any atom is -0.455 e. The summed E-state index contributed by atoms with van der Waals surface area (Å²) in [5, 5.41) is 15.3. The Morgan fingerprint density at radius 1 is 0.980 bits per heavy atom. The normalized spacial score (nSPS) is 31.1. The number of ether oxygens (including phenoxy) is 3. The van der Waals surface area contributed by atoms with Gasteiger partial charge in [-0.3, -0.25) is 19.2 Å². The van der Waals surface area contributed by atoms with Crippen molar-refractivity contribution in [2.75, 3.05) is 31.8 Å². The third-order valence-electron chi connectivity index (χ3n) is 10.3. The molecule has 8 atom stereocenters. The molecule has 0 saturated carbocycles. The maximum Gasteiger partial charge on any atom is 0.313 e. The molecule has 3 amide bonds. The summed E-state index contributed by atoms with van der Waals surface area (Å²) in [5.41, 5.74) is -0.244. The van der Waals surface area contributed by atoms with E-state index >= 15 is 0 Å². The monoisotopic (exact) mass is 679 g/mol. The summed E-state index contributed by atoms with van der Waals surface area (Å²) in [6.07, 6.45) is 5.68. The van der Waals surface area contributed by atoms with Crippen LogP contribution in [0.25, 0.3) is 10.8 Å². The van der Waals surface area contributed by atoms with Crippen molar-refractivity contribution >= 4 is 40.2 Å². The summed E-state index contributed by atoms with van der Waals surface area (Å²) in [7, 11) is 1.50. The minimum atomic E-state index is -1.54. The molecule has 4 aliphatic heterocycles. The van der Waals surface area contributed by atoms with E-state index in [0.717, 1.165) is 10.8 Å². The number of carbonyl (C=O) groups excluding carboxylic acids is 4. The predicted octanol–water partition coefficient (Wildman–Crippen LogP) is 3.47. The molecule has 0 unspecified atom stereocenters. The van der Waals surface area contributed by atoms with Crippen LogP contribution in [0.3, 0.4) is 0 Å². The van der Waals surface area contributed by atoms with Crippen molar-refractivity contribution in [3.05, 3.63) is 103 Å². The SMILES string of the molecule is COC[C@H]1NC(=O)CC/C=C\[C@H]2O[C@]34C=CCN(c5ccc6ccccc6c5)C(=O)[C@H]3N([C@H](C)CO)C(=O)[C@@H]4[C@H]2C(=O)O[C@@H]1c1ccccc1. The van der Waals surface area contributed by atoms with Crippen LogP contribution < -0.4 is 10.2 Å². The van der Waals surface area contributed by atoms with Crippen LogP contribution >= 0.6 is 0 Å². The van der Waals surface area contributed by atoms with Crippen molar-refractivity contribution in [2.45, 2.75) is 55.7 Å². The molecule has 260 valence electrons. The van der Waals surface area contributed by atoms with Gasteiger partial charge in [-0.05, 0) is 41.8 Å². The molecule has 4 heterocycles. The predicted molar refractivity (Wildman–Crippen MR) is 185 cm³/mol. The van der Waals surface area contributed by atoms with E-state index in [9.17, 15) is 24.3 Å². The lowest BCUT2D eigenvalue weighted by molar-refractivity contribution is -0.162. The molecule has 3 aromatic rings. The summed E-state index contributed by atoms with van der Waals surface area (Å²) in [5.74, 6) is -4.05. The molecular formula is C39H41N3O8. The third kappa shape index (κ3) is 5.78. The number of aliphatic hydroxyl groups is 1. The van der Waals surface area contributed by atoms with Crippen LogP contribution in [0.5, 0.6) is 0 Å². The van der Waals surface area contributed by atoms with Crippen LogP contribution in [0.1, 0.15) is 31.4 Å². The molecule has 2 fully saturated rings. The maximum atomic E-state index is 14.8. The van der Waals surface area contributed by atoms with E-state index < -0.39 is 66.3 Å². The Kier molecular flexibility index (Phi) is 9.30. The molecule has 0 radical (unpaired) electrons. The summed E-state index contributed by atoms with van der Waals surface area (Å²) in [4.78, 5) is 60.1. The van der Waals surface area contributed by atoms with Crippen LogP contribution in [0.15, 0.2) is 97.1 Å². The highest BCUT2D eigenvalue weighted by molar-refractivity contribution is 6.06. The zero-order valence-electron chi connectivity index (χ0n) is 28.0. The zero-order valence-corrected chi connectivity index (χ0v) is 28.0. The van der Waals surface area contributed by atoms with Crippen LogP contribution in [0, 0.1) is 11.8 Å². The maximum absolute atomic E-state index is 14.8. The molecule has 2 N–H and O–H groups in total. The minimum absolute atomic E-state index is 0.0665. The number of rotatable bonds is 6. The second-order valence-electron chi connectivity index (χ2n) is 13.4. The van der Waals surface area contributed by atoms with Gasteiger partial charge in [-0.1, -0.05) is 85.0 Å². The lowest BCUT2D eigenvalue weighted by Crippen LogP contribution is -2.57. The first-order chi connectivity index (χ1) is 24.3. The highest BCUT2D eigenvalue weighted by atomic mass is 16.6. The number of anilines is 1. The van der Waals surface area contributed by atoms with Gasteiger partial charge in [-0.2, -0.15) is 0 Å². The first-order valence-corrected chi connectivity index (χ1v) is 17.1. The fourth-order valence-corrected chi connectivity index (χ4v) is 7.97. The van der Waals surface area contributed by atoms with Crippen molar-refractivity contribution in [1.29, 1.82) is 0 Å². The third-order valence-corrected chi connectivity index (χ3v) is 10.3. The highest BCUT2D eigenvalue weighted by Gasteiger charge is 2.72. The average Bonchev–Trinajstić information content (AvgIpc) is 3.52. The summed E-state index contributed by atoms with van der Waals surface area (Å²) >= 11 is 0. The van der Waals surface area contributed by atoms with Gasteiger partial charge in [0, 0.05) is 25.8 Å². The lowest BCUT2D eigenvalue weighted by Gasteiger charge is -2.37. The Hall–Kier alpha value is -4.84. The largest absolute Gasteiger partial charge is 0.455 e. The number of likely N-dealkylation sites (tertiary alicyclic amines) is 1. The fraction of sp³-hybridized carbons (Fsp3) is 0.385. The molecule has 7 rings (SSSR count). The van der Waals surface area contributed by atoms with Crippen LogP contribution in [-0.4, -0.2) is 90.4 Å². The number of carbonyl (C=O) groups is 4. The van der Waals surface area contributed by atoms with Crippen molar-refractivity contribution < 1.29 is 38.5 Å². The van der Waals surface area contributed by atoms with Crippen molar-refractivity contribution in [1.82, 2.24) is 10.2 Å². The van der Waals surface area contributed by atoms with Gasteiger partial charge >= 0.3 is 5.97 Å². The van der Waals surface area contributed by atoms with Crippen LogP contribution in [0.4, 0.5) is 5.69 Å². The zero-order chi connectivity index (χ0) is 35.0. The Labute approximate surface area is 290 Å². The number of aliphatic hydroxyl groups excluding tert-OH is 1. The molecule has 11 heteroatoms. The van der Waals surface area contributed by atoms with Gasteiger partial charge in [0.2, 0.25) is 11.8 Å². The molecule has 3 aromatic carbocycles. The van der Waals surface area contributed by atoms with Crippen LogP contribution in [0.2, 0.25) is 0 Å². The molecule has 4 aliphatic rings. The molecular weight excluding hydrogens is 638 g/mol.